The predicted molar refractivity (Wildman–Crippen MR) is 131 cm³/mol. The first-order valence-corrected chi connectivity index (χ1v) is 13.3. The van der Waals surface area contributed by atoms with Crippen LogP contribution < -0.4 is 14.4 Å². The predicted octanol–water partition coefficient (Wildman–Crippen LogP) is 3.69. The fourth-order valence-corrected chi connectivity index (χ4v) is 8.73. The summed E-state index contributed by atoms with van der Waals surface area (Å²) in [5.74, 6) is -0.0581. The fourth-order valence-electron chi connectivity index (χ4n) is 7.38. The van der Waals surface area contributed by atoms with E-state index in [0.717, 1.165) is 53.8 Å². The van der Waals surface area contributed by atoms with E-state index in [1.165, 1.54) is 16.2 Å². The molecule has 1 aromatic heterocycles. The van der Waals surface area contributed by atoms with E-state index < -0.39 is 11.8 Å². The zero-order valence-corrected chi connectivity index (χ0v) is 20.8. The van der Waals surface area contributed by atoms with Gasteiger partial charge in [-0.05, 0) is 61.8 Å². The van der Waals surface area contributed by atoms with Crippen molar-refractivity contribution in [2.75, 3.05) is 19.1 Å². The van der Waals surface area contributed by atoms with Gasteiger partial charge >= 0.3 is 0 Å². The summed E-state index contributed by atoms with van der Waals surface area (Å²) in [6.45, 7) is 0. The minimum Gasteiger partial charge on any atom is -0.493 e. The van der Waals surface area contributed by atoms with Crippen LogP contribution in [0.1, 0.15) is 40.8 Å². The van der Waals surface area contributed by atoms with Crippen LogP contribution in [0.5, 0.6) is 11.5 Å². The van der Waals surface area contributed by atoms with Gasteiger partial charge in [0.25, 0.3) is 0 Å². The maximum atomic E-state index is 13.9. The normalized spacial score (nSPS) is 31.5. The molecule has 1 saturated heterocycles. The quantitative estimate of drug-likeness (QED) is 0.590. The van der Waals surface area contributed by atoms with Gasteiger partial charge in [-0.3, -0.25) is 9.59 Å². The van der Waals surface area contributed by atoms with Crippen molar-refractivity contribution in [1.82, 2.24) is 0 Å². The SMILES string of the molecule is COc1ccc(C2=NO[C@@H]3[C@H]4C[C@H]([C@H]5C(=O)N(c6sc7c(c6C#N)CCCC7)C(=O)[C@@H]45)[C@H]23)cc1OC. The first-order valence-electron chi connectivity index (χ1n) is 12.5. The third-order valence-corrected chi connectivity index (χ3v) is 10.1. The minimum absolute atomic E-state index is 0.0269. The van der Waals surface area contributed by atoms with Gasteiger partial charge in [0.2, 0.25) is 11.8 Å². The Hall–Kier alpha value is -3.38. The molecule has 6 atom stereocenters. The van der Waals surface area contributed by atoms with Gasteiger partial charge in [0.15, 0.2) is 11.5 Å². The molecule has 0 spiro atoms. The summed E-state index contributed by atoms with van der Waals surface area (Å²) in [6, 6.07) is 7.97. The van der Waals surface area contributed by atoms with Crippen LogP contribution in [0, 0.1) is 40.9 Å². The van der Waals surface area contributed by atoms with Crippen LogP contribution in [0.4, 0.5) is 5.00 Å². The number of imide groups is 1. The molecule has 3 fully saturated rings. The molecule has 184 valence electrons. The number of hydrogen-bond acceptors (Lipinski definition) is 8. The van der Waals surface area contributed by atoms with Crippen molar-refractivity contribution in [2.24, 2.45) is 34.7 Å². The highest BCUT2D eigenvalue weighted by Gasteiger charge is 2.70. The van der Waals surface area contributed by atoms with Gasteiger partial charge in [-0.2, -0.15) is 5.26 Å². The Morgan fingerprint density at radius 1 is 1.06 bits per heavy atom. The largest absolute Gasteiger partial charge is 0.493 e. The van der Waals surface area contributed by atoms with Crippen LogP contribution in [0.25, 0.3) is 0 Å². The second kappa shape index (κ2) is 7.81. The maximum Gasteiger partial charge on any atom is 0.238 e. The molecule has 3 heterocycles. The standard InChI is InChI=1S/C27H25N3O5S/c1-33-17-8-7-12(9-18(17)34-2)23-22-14-10-15(24(22)35-29-23)21-20(14)25(31)30(26(21)32)27-16(11-28)13-5-3-4-6-19(13)36-27/h7-9,14-15,20-22,24H,3-6,10H2,1-2H3/t14-,15+,20-,21+,22-,24-/m1/s1. The lowest BCUT2D eigenvalue weighted by molar-refractivity contribution is -0.125. The highest BCUT2D eigenvalue weighted by molar-refractivity contribution is 7.17. The molecule has 36 heavy (non-hydrogen) atoms. The summed E-state index contributed by atoms with van der Waals surface area (Å²) in [5.41, 5.74) is 3.23. The molecule has 9 heteroatoms. The van der Waals surface area contributed by atoms with E-state index in [1.54, 1.807) is 14.2 Å². The van der Waals surface area contributed by atoms with Crippen molar-refractivity contribution >= 4 is 33.9 Å². The van der Waals surface area contributed by atoms with E-state index in [1.807, 2.05) is 18.2 Å². The number of amides is 2. The molecule has 0 N–H and O–H groups in total. The van der Waals surface area contributed by atoms with Gasteiger partial charge in [0.05, 0.1) is 37.3 Å². The van der Waals surface area contributed by atoms with E-state index in [2.05, 4.69) is 11.2 Å². The number of ether oxygens (including phenoxy) is 2. The number of nitriles is 1. The molecule has 1 aromatic carbocycles. The van der Waals surface area contributed by atoms with Crippen LogP contribution in [0.3, 0.4) is 0 Å². The Balaban J connectivity index is 1.23. The lowest BCUT2D eigenvalue weighted by Crippen LogP contribution is -2.41. The Morgan fingerprint density at radius 2 is 1.81 bits per heavy atom. The van der Waals surface area contributed by atoms with Crippen molar-refractivity contribution in [3.8, 4) is 17.6 Å². The number of thiophene rings is 1. The molecule has 2 amide bonds. The number of benzene rings is 1. The number of carbonyl (C=O) groups is 2. The summed E-state index contributed by atoms with van der Waals surface area (Å²) in [6.07, 6.45) is 4.41. The lowest BCUT2D eigenvalue weighted by Gasteiger charge is -2.29. The van der Waals surface area contributed by atoms with Crippen LogP contribution in [0.15, 0.2) is 23.4 Å². The Bertz CT molecular complexity index is 1390. The van der Waals surface area contributed by atoms with Crippen molar-refractivity contribution in [2.45, 2.75) is 38.2 Å². The second-order valence-electron chi connectivity index (χ2n) is 10.3. The summed E-state index contributed by atoms with van der Waals surface area (Å²) >= 11 is 1.46. The smallest absolute Gasteiger partial charge is 0.238 e. The maximum absolute atomic E-state index is 13.9. The van der Waals surface area contributed by atoms with Gasteiger partial charge in [0.1, 0.15) is 17.2 Å². The molecule has 0 radical (unpaired) electrons. The zero-order chi connectivity index (χ0) is 24.7. The topological polar surface area (TPSA) is 101 Å². The lowest BCUT2D eigenvalue weighted by atomic mass is 9.71. The van der Waals surface area contributed by atoms with Crippen molar-refractivity contribution < 1.29 is 23.9 Å². The second-order valence-corrected chi connectivity index (χ2v) is 11.4. The number of rotatable bonds is 4. The van der Waals surface area contributed by atoms with Crippen LogP contribution >= 0.6 is 11.3 Å². The van der Waals surface area contributed by atoms with E-state index in [-0.39, 0.29) is 35.7 Å². The van der Waals surface area contributed by atoms with E-state index >= 15 is 0 Å². The van der Waals surface area contributed by atoms with Gasteiger partial charge in [-0.25, -0.2) is 4.90 Å². The third kappa shape index (κ3) is 2.71. The molecule has 2 aliphatic heterocycles. The molecule has 0 unspecified atom stereocenters. The summed E-state index contributed by atoms with van der Waals surface area (Å²) < 4.78 is 10.8. The molecule has 2 bridgehead atoms. The van der Waals surface area contributed by atoms with E-state index in [4.69, 9.17) is 14.3 Å². The Morgan fingerprint density at radius 3 is 2.56 bits per heavy atom. The fraction of sp³-hybridized carbons (Fsp3) is 0.481. The van der Waals surface area contributed by atoms with Gasteiger partial charge in [-0.1, -0.05) is 5.16 Å². The Labute approximate surface area is 212 Å². The van der Waals surface area contributed by atoms with Crippen molar-refractivity contribution in [3.63, 3.8) is 0 Å². The number of aryl methyl sites for hydroxylation is 1. The van der Waals surface area contributed by atoms with Crippen molar-refractivity contribution in [3.05, 3.63) is 39.8 Å². The highest BCUT2D eigenvalue weighted by atomic mass is 32.1. The van der Waals surface area contributed by atoms with Gasteiger partial charge in [-0.15, -0.1) is 11.3 Å². The zero-order valence-electron chi connectivity index (χ0n) is 20.0. The van der Waals surface area contributed by atoms with E-state index in [0.29, 0.717) is 22.1 Å². The Kier molecular flexibility index (Phi) is 4.74. The molecule has 7 rings (SSSR count). The van der Waals surface area contributed by atoms with Gasteiger partial charge in [0, 0.05) is 22.3 Å². The molecular formula is C27H25N3O5S. The summed E-state index contributed by atoms with van der Waals surface area (Å²) in [5, 5.41) is 14.9. The van der Waals surface area contributed by atoms with Crippen LogP contribution in [-0.2, 0) is 27.3 Å². The minimum atomic E-state index is -0.408. The number of oxime groups is 1. The third-order valence-electron chi connectivity index (χ3n) is 8.84. The monoisotopic (exact) mass is 503 g/mol. The molecule has 2 aromatic rings. The molecule has 3 aliphatic carbocycles. The van der Waals surface area contributed by atoms with Crippen molar-refractivity contribution in [1.29, 1.82) is 5.26 Å². The first-order chi connectivity index (χ1) is 17.6. The molecule has 8 nitrogen and oxygen atoms in total. The van der Waals surface area contributed by atoms with E-state index in [9.17, 15) is 14.9 Å². The number of anilines is 1. The summed E-state index contributed by atoms with van der Waals surface area (Å²) in [4.78, 5) is 36.0. The van der Waals surface area contributed by atoms with Crippen LogP contribution in [-0.4, -0.2) is 37.8 Å². The highest BCUT2D eigenvalue weighted by Crippen LogP contribution is 2.62. The molecule has 5 aliphatic rings. The van der Waals surface area contributed by atoms with Gasteiger partial charge < -0.3 is 14.3 Å². The molecular weight excluding hydrogens is 478 g/mol. The molecule has 2 saturated carbocycles. The first kappa shape index (κ1) is 21.9. The van der Waals surface area contributed by atoms with Crippen LogP contribution in [0.2, 0.25) is 0 Å². The average Bonchev–Trinajstić information content (AvgIpc) is 3.69. The number of nitrogens with zero attached hydrogens (tertiary/aromatic N) is 3. The number of hydrogen-bond donors (Lipinski definition) is 0. The number of fused-ring (bicyclic) bond motifs is 9. The average molecular weight is 504 g/mol. The number of carbonyl (C=O) groups excluding carboxylic acids is 2. The summed E-state index contributed by atoms with van der Waals surface area (Å²) in [7, 11) is 3.19. The number of methoxy groups -OCH3 is 2.